The van der Waals surface area contributed by atoms with Crippen LogP contribution in [0.2, 0.25) is 0 Å². The Kier molecular flexibility index (Phi) is 3.15. The highest BCUT2D eigenvalue weighted by atomic mass is 19.4. The minimum Gasteiger partial charge on any atom is -0.286 e. The maximum atomic E-state index is 13.0. The van der Waals surface area contributed by atoms with Crippen molar-refractivity contribution in [2.75, 3.05) is 0 Å². The van der Waals surface area contributed by atoms with Gasteiger partial charge in [-0.25, -0.2) is 17.9 Å². The van der Waals surface area contributed by atoms with Crippen LogP contribution in [0, 0.1) is 24.4 Å². The molecule has 1 heterocycles. The Morgan fingerprint density at radius 3 is 2.00 bits per heavy atom. The fraction of sp³-hybridized carbons (Fsp3) is 0.182. The zero-order chi connectivity index (χ0) is 15.2. The summed E-state index contributed by atoms with van der Waals surface area (Å²) in [7, 11) is 0. The fourth-order valence-corrected chi connectivity index (χ4v) is 1.65. The maximum absolute atomic E-state index is 13.0. The van der Waals surface area contributed by atoms with E-state index in [1.54, 1.807) is 5.10 Å². The molecule has 2 aromatic rings. The van der Waals surface area contributed by atoms with Crippen LogP contribution in [0.3, 0.4) is 0 Å². The molecule has 0 aliphatic carbocycles. The Bertz CT molecular complexity index is 704. The van der Waals surface area contributed by atoms with Crippen molar-refractivity contribution in [3.05, 3.63) is 51.2 Å². The number of alkyl halides is 3. The van der Waals surface area contributed by atoms with Crippen LogP contribution in [0.4, 0.5) is 26.3 Å². The lowest BCUT2D eigenvalue weighted by atomic mass is 10.2. The number of nitrogens with zero attached hydrogens (tertiary/aromatic N) is 1. The van der Waals surface area contributed by atoms with Gasteiger partial charge in [-0.3, -0.25) is 9.89 Å². The Morgan fingerprint density at radius 2 is 1.60 bits per heavy atom. The van der Waals surface area contributed by atoms with Crippen LogP contribution in [-0.4, -0.2) is 9.78 Å². The predicted octanol–water partition coefficient (Wildman–Crippen LogP) is 2.91. The number of rotatable bonds is 1. The van der Waals surface area contributed by atoms with Gasteiger partial charge in [0.25, 0.3) is 5.56 Å². The van der Waals surface area contributed by atoms with Crippen molar-refractivity contribution in [2.24, 2.45) is 0 Å². The van der Waals surface area contributed by atoms with Gasteiger partial charge < -0.3 is 0 Å². The number of aromatic nitrogens is 2. The lowest BCUT2D eigenvalue weighted by Crippen LogP contribution is -2.16. The highest BCUT2D eigenvalue weighted by Gasteiger charge is 2.36. The van der Waals surface area contributed by atoms with Crippen molar-refractivity contribution in [1.29, 1.82) is 0 Å². The molecule has 0 bridgehead atoms. The first-order valence-corrected chi connectivity index (χ1v) is 5.16. The second-order valence-electron chi connectivity index (χ2n) is 3.97. The number of H-pyrrole nitrogens is 1. The number of hydrogen-bond acceptors (Lipinski definition) is 1. The van der Waals surface area contributed by atoms with Gasteiger partial charge in [0, 0.05) is 17.7 Å². The molecular formula is C11H6F6N2O. The molecule has 0 fully saturated rings. The van der Waals surface area contributed by atoms with Gasteiger partial charge in [-0.1, -0.05) is 0 Å². The lowest BCUT2D eigenvalue weighted by Gasteiger charge is -2.05. The summed E-state index contributed by atoms with van der Waals surface area (Å²) in [5.74, 6) is -5.01. The normalized spacial score (nSPS) is 11.9. The van der Waals surface area contributed by atoms with Gasteiger partial charge >= 0.3 is 6.18 Å². The van der Waals surface area contributed by atoms with Crippen LogP contribution in [0.1, 0.15) is 11.3 Å². The molecule has 1 N–H and O–H groups in total. The first kappa shape index (κ1) is 14.2. The summed E-state index contributed by atoms with van der Waals surface area (Å²) in [6.45, 7) is 0.911. The van der Waals surface area contributed by atoms with Crippen LogP contribution < -0.4 is 5.56 Å². The van der Waals surface area contributed by atoms with E-state index in [-0.39, 0.29) is 0 Å². The highest BCUT2D eigenvalue weighted by molar-refractivity contribution is 5.35. The van der Waals surface area contributed by atoms with Crippen molar-refractivity contribution >= 4 is 0 Å². The van der Waals surface area contributed by atoms with E-state index in [2.05, 4.69) is 0 Å². The van der Waals surface area contributed by atoms with Gasteiger partial charge in [-0.15, -0.1) is 0 Å². The molecule has 9 heteroatoms. The molecule has 0 radical (unpaired) electrons. The smallest absolute Gasteiger partial charge is 0.286 e. The molecule has 20 heavy (non-hydrogen) atoms. The number of nitrogens with one attached hydrogen (secondary N) is 1. The van der Waals surface area contributed by atoms with E-state index in [0.29, 0.717) is 16.8 Å². The molecule has 2 rings (SSSR count). The molecule has 3 nitrogen and oxygen atoms in total. The molecule has 0 spiro atoms. The molecule has 0 atom stereocenters. The van der Waals surface area contributed by atoms with E-state index in [4.69, 9.17) is 0 Å². The summed E-state index contributed by atoms with van der Waals surface area (Å²) >= 11 is 0. The lowest BCUT2D eigenvalue weighted by molar-refractivity contribution is -0.141. The SMILES string of the molecule is Cc1c(C(F)(F)F)[nH]n(-c2cc(F)c(F)c(F)c2)c1=O. The van der Waals surface area contributed by atoms with Crippen molar-refractivity contribution in [3.63, 3.8) is 0 Å². The average molecular weight is 296 g/mol. The minimum absolute atomic E-state index is 0.295. The number of aromatic amines is 1. The van der Waals surface area contributed by atoms with Crippen molar-refractivity contribution in [2.45, 2.75) is 13.1 Å². The summed E-state index contributed by atoms with van der Waals surface area (Å²) in [5.41, 5.74) is -3.72. The van der Waals surface area contributed by atoms with Gasteiger partial charge in [-0.05, 0) is 6.92 Å². The summed E-state index contributed by atoms with van der Waals surface area (Å²) < 4.78 is 76.9. The first-order chi connectivity index (χ1) is 9.12. The van der Waals surface area contributed by atoms with E-state index < -0.39 is 46.1 Å². The average Bonchev–Trinajstić information content (AvgIpc) is 2.62. The summed E-state index contributed by atoms with van der Waals surface area (Å²) in [6, 6.07) is 0.825. The monoisotopic (exact) mass is 296 g/mol. The first-order valence-electron chi connectivity index (χ1n) is 5.16. The number of halogens is 6. The van der Waals surface area contributed by atoms with E-state index >= 15 is 0 Å². The van der Waals surface area contributed by atoms with Gasteiger partial charge in [0.2, 0.25) is 0 Å². The predicted molar refractivity (Wildman–Crippen MR) is 56.0 cm³/mol. The quantitative estimate of drug-likeness (QED) is 0.637. The second-order valence-corrected chi connectivity index (χ2v) is 3.97. The minimum atomic E-state index is -4.83. The van der Waals surface area contributed by atoms with Crippen molar-refractivity contribution < 1.29 is 26.3 Å². The van der Waals surface area contributed by atoms with Crippen LogP contribution in [0.5, 0.6) is 0 Å². The van der Waals surface area contributed by atoms with Crippen molar-refractivity contribution in [3.8, 4) is 5.69 Å². The molecule has 0 amide bonds. The molecule has 0 aliphatic heterocycles. The van der Waals surface area contributed by atoms with E-state index in [9.17, 15) is 31.1 Å². The standard InChI is InChI=1S/C11H6F6N2O/c1-4-9(11(15,16)17)18-19(10(4)20)5-2-6(12)8(14)7(13)3-5/h2-3,18H,1H3. The fourth-order valence-electron chi connectivity index (χ4n) is 1.65. The van der Waals surface area contributed by atoms with Crippen LogP contribution in [0.15, 0.2) is 16.9 Å². The number of benzene rings is 1. The summed E-state index contributed by atoms with van der Waals surface area (Å²) in [6.07, 6.45) is -4.83. The maximum Gasteiger partial charge on any atom is 0.433 e. The third-order valence-corrected chi connectivity index (χ3v) is 2.63. The van der Waals surface area contributed by atoms with Crippen LogP contribution >= 0.6 is 0 Å². The topological polar surface area (TPSA) is 37.8 Å². The zero-order valence-corrected chi connectivity index (χ0v) is 9.78. The molecule has 0 unspecified atom stereocenters. The molecule has 108 valence electrons. The molecule has 0 aliphatic rings. The molecule has 1 aromatic carbocycles. The Balaban J connectivity index is 2.69. The Labute approximate surface area is 107 Å². The molecular weight excluding hydrogens is 290 g/mol. The number of hydrogen-bond donors (Lipinski definition) is 1. The van der Waals surface area contributed by atoms with Crippen molar-refractivity contribution in [1.82, 2.24) is 9.78 Å². The van der Waals surface area contributed by atoms with E-state index in [1.807, 2.05) is 0 Å². The van der Waals surface area contributed by atoms with Gasteiger partial charge in [0.15, 0.2) is 17.5 Å². The third-order valence-electron chi connectivity index (χ3n) is 2.63. The Morgan fingerprint density at radius 1 is 1.10 bits per heavy atom. The second kappa shape index (κ2) is 4.43. The van der Waals surface area contributed by atoms with E-state index in [1.165, 1.54) is 0 Å². The van der Waals surface area contributed by atoms with Gasteiger partial charge in [0.1, 0.15) is 5.69 Å². The van der Waals surface area contributed by atoms with Crippen LogP contribution in [0.25, 0.3) is 5.69 Å². The Hall–Kier alpha value is -2.19. The third kappa shape index (κ3) is 2.19. The summed E-state index contributed by atoms with van der Waals surface area (Å²) in [5, 5.41) is 1.70. The van der Waals surface area contributed by atoms with E-state index in [0.717, 1.165) is 6.92 Å². The molecule has 1 aromatic heterocycles. The molecule has 0 saturated heterocycles. The molecule has 0 saturated carbocycles. The van der Waals surface area contributed by atoms with Gasteiger partial charge in [-0.2, -0.15) is 13.2 Å². The largest absolute Gasteiger partial charge is 0.433 e. The highest BCUT2D eigenvalue weighted by Crippen LogP contribution is 2.29. The van der Waals surface area contributed by atoms with Crippen LogP contribution in [-0.2, 0) is 6.18 Å². The summed E-state index contributed by atoms with van der Waals surface area (Å²) in [4.78, 5) is 11.6. The van der Waals surface area contributed by atoms with Gasteiger partial charge in [0.05, 0.1) is 5.69 Å². The zero-order valence-electron chi connectivity index (χ0n) is 9.78.